The van der Waals surface area contributed by atoms with E-state index < -0.39 is 5.79 Å². The molecule has 3 rings (SSSR count). The SMILES string of the molecule is CC1(C)CCC2(CO)CCC3(C=C12)OCCO3. The molecule has 0 aromatic rings. The van der Waals surface area contributed by atoms with Crippen LogP contribution in [0, 0.1) is 10.8 Å². The van der Waals surface area contributed by atoms with Crippen molar-refractivity contribution < 1.29 is 14.6 Å². The Bertz CT molecular complexity index is 352. The van der Waals surface area contributed by atoms with Crippen LogP contribution >= 0.6 is 0 Å². The first-order valence-corrected chi connectivity index (χ1v) is 6.65. The molecule has 1 saturated carbocycles. The number of ether oxygens (including phenoxy) is 2. The molecule has 0 amide bonds. The first kappa shape index (κ1) is 11.7. The highest BCUT2D eigenvalue weighted by atomic mass is 16.7. The van der Waals surface area contributed by atoms with Gasteiger partial charge in [-0.2, -0.15) is 0 Å². The Hall–Kier alpha value is -0.380. The normalized spacial score (nSPS) is 38.2. The molecular weight excluding hydrogens is 216 g/mol. The second-order valence-electron chi connectivity index (χ2n) is 6.39. The molecular formula is C14H22O3. The maximum absolute atomic E-state index is 9.79. The molecule has 1 aliphatic heterocycles. The van der Waals surface area contributed by atoms with Crippen molar-refractivity contribution in [1.82, 2.24) is 0 Å². The van der Waals surface area contributed by atoms with E-state index in [-0.39, 0.29) is 17.4 Å². The number of aliphatic hydroxyl groups excluding tert-OH is 1. The van der Waals surface area contributed by atoms with Crippen LogP contribution in [0.15, 0.2) is 11.6 Å². The summed E-state index contributed by atoms with van der Waals surface area (Å²) in [7, 11) is 0. The summed E-state index contributed by atoms with van der Waals surface area (Å²) in [5, 5.41) is 9.79. The minimum atomic E-state index is -0.477. The Morgan fingerprint density at radius 3 is 2.41 bits per heavy atom. The quantitative estimate of drug-likeness (QED) is 0.712. The van der Waals surface area contributed by atoms with Crippen LogP contribution in [-0.2, 0) is 9.47 Å². The second kappa shape index (κ2) is 3.56. The van der Waals surface area contributed by atoms with Crippen LogP contribution in [0.25, 0.3) is 0 Å². The fourth-order valence-corrected chi connectivity index (χ4v) is 3.79. The van der Waals surface area contributed by atoms with Crippen molar-refractivity contribution in [2.45, 2.75) is 45.3 Å². The minimum absolute atomic E-state index is 0.00403. The molecule has 1 saturated heterocycles. The number of fused-ring (bicyclic) bond motifs is 1. The third-order valence-electron chi connectivity index (χ3n) is 4.92. The molecule has 1 N–H and O–H groups in total. The lowest BCUT2D eigenvalue weighted by molar-refractivity contribution is -0.135. The van der Waals surface area contributed by atoms with E-state index in [4.69, 9.17) is 9.47 Å². The molecule has 17 heavy (non-hydrogen) atoms. The lowest BCUT2D eigenvalue weighted by Crippen LogP contribution is -2.40. The van der Waals surface area contributed by atoms with E-state index >= 15 is 0 Å². The maximum atomic E-state index is 9.79. The van der Waals surface area contributed by atoms with Crippen LogP contribution in [0.1, 0.15) is 39.5 Å². The summed E-state index contributed by atoms with van der Waals surface area (Å²) >= 11 is 0. The Balaban J connectivity index is 2.03. The lowest BCUT2D eigenvalue weighted by Gasteiger charge is -2.42. The van der Waals surface area contributed by atoms with E-state index in [9.17, 15) is 5.11 Å². The van der Waals surface area contributed by atoms with Gasteiger partial charge in [-0.25, -0.2) is 0 Å². The van der Waals surface area contributed by atoms with Crippen LogP contribution in [0.3, 0.4) is 0 Å². The molecule has 96 valence electrons. The Morgan fingerprint density at radius 1 is 1.12 bits per heavy atom. The highest BCUT2D eigenvalue weighted by Gasteiger charge is 2.53. The first-order valence-electron chi connectivity index (χ1n) is 6.65. The van der Waals surface area contributed by atoms with Crippen molar-refractivity contribution in [3.05, 3.63) is 11.6 Å². The zero-order valence-corrected chi connectivity index (χ0v) is 10.8. The van der Waals surface area contributed by atoms with Gasteiger partial charge in [0, 0.05) is 11.8 Å². The molecule has 3 nitrogen and oxygen atoms in total. The average molecular weight is 238 g/mol. The topological polar surface area (TPSA) is 38.7 Å². The van der Waals surface area contributed by atoms with E-state index in [0.717, 1.165) is 25.7 Å². The van der Waals surface area contributed by atoms with Gasteiger partial charge in [-0.05, 0) is 30.8 Å². The van der Waals surface area contributed by atoms with Crippen LogP contribution < -0.4 is 0 Å². The van der Waals surface area contributed by atoms with Gasteiger partial charge in [0.2, 0.25) is 0 Å². The van der Waals surface area contributed by atoms with E-state index in [2.05, 4.69) is 19.9 Å². The van der Waals surface area contributed by atoms with Crippen molar-refractivity contribution in [3.8, 4) is 0 Å². The second-order valence-corrected chi connectivity index (χ2v) is 6.39. The van der Waals surface area contributed by atoms with E-state index in [1.807, 2.05) is 0 Å². The molecule has 3 aliphatic rings. The Labute approximate surface area is 103 Å². The molecule has 2 aliphatic carbocycles. The summed E-state index contributed by atoms with van der Waals surface area (Å²) in [6.45, 7) is 6.18. The van der Waals surface area contributed by atoms with Crippen molar-refractivity contribution in [2.75, 3.05) is 19.8 Å². The molecule has 0 aromatic heterocycles. The van der Waals surface area contributed by atoms with Gasteiger partial charge in [0.05, 0.1) is 19.8 Å². The number of hydrogen-bond donors (Lipinski definition) is 1. The molecule has 1 atom stereocenters. The Kier molecular flexibility index (Phi) is 2.45. The highest BCUT2D eigenvalue weighted by Crippen LogP contribution is 2.59. The van der Waals surface area contributed by atoms with Crippen LogP contribution in [0.2, 0.25) is 0 Å². The van der Waals surface area contributed by atoms with Gasteiger partial charge in [0.25, 0.3) is 0 Å². The van der Waals surface area contributed by atoms with Gasteiger partial charge in [-0.3, -0.25) is 0 Å². The van der Waals surface area contributed by atoms with Gasteiger partial charge in [0.1, 0.15) is 0 Å². The molecule has 0 radical (unpaired) electrons. The molecule has 1 unspecified atom stereocenters. The summed E-state index contributed by atoms with van der Waals surface area (Å²) in [5.41, 5.74) is 1.54. The summed E-state index contributed by atoms with van der Waals surface area (Å²) in [4.78, 5) is 0. The molecule has 2 fully saturated rings. The van der Waals surface area contributed by atoms with Gasteiger partial charge >= 0.3 is 0 Å². The number of hydrogen-bond acceptors (Lipinski definition) is 3. The fourth-order valence-electron chi connectivity index (χ4n) is 3.79. The lowest BCUT2D eigenvalue weighted by atomic mass is 9.68. The zero-order chi connectivity index (χ0) is 12.1. The van der Waals surface area contributed by atoms with Crippen molar-refractivity contribution >= 4 is 0 Å². The van der Waals surface area contributed by atoms with Crippen molar-refractivity contribution in [2.24, 2.45) is 10.8 Å². The largest absolute Gasteiger partial charge is 0.395 e. The predicted octanol–water partition coefficient (Wildman–Crippen LogP) is 2.25. The van der Waals surface area contributed by atoms with Gasteiger partial charge in [-0.15, -0.1) is 0 Å². The maximum Gasteiger partial charge on any atom is 0.188 e. The number of rotatable bonds is 1. The minimum Gasteiger partial charge on any atom is -0.395 e. The first-order chi connectivity index (χ1) is 8.02. The van der Waals surface area contributed by atoms with Crippen molar-refractivity contribution in [3.63, 3.8) is 0 Å². The smallest absolute Gasteiger partial charge is 0.188 e. The standard InChI is InChI=1S/C14H22O3/c1-12(2)3-4-13(10-15)5-6-14(9-11(12)13)16-7-8-17-14/h9,15H,3-8,10H2,1-2H3. The van der Waals surface area contributed by atoms with Crippen molar-refractivity contribution in [1.29, 1.82) is 0 Å². The van der Waals surface area contributed by atoms with Crippen LogP contribution in [0.4, 0.5) is 0 Å². The molecule has 0 bridgehead atoms. The summed E-state index contributed by atoms with van der Waals surface area (Å²) in [6, 6.07) is 0. The zero-order valence-electron chi connectivity index (χ0n) is 10.8. The third kappa shape index (κ3) is 1.60. The van der Waals surface area contributed by atoms with Gasteiger partial charge in [-0.1, -0.05) is 19.4 Å². The third-order valence-corrected chi connectivity index (χ3v) is 4.92. The van der Waals surface area contributed by atoms with Gasteiger partial charge in [0.15, 0.2) is 5.79 Å². The predicted molar refractivity (Wildman–Crippen MR) is 64.5 cm³/mol. The molecule has 1 heterocycles. The highest BCUT2D eigenvalue weighted by molar-refractivity contribution is 5.32. The monoisotopic (exact) mass is 238 g/mol. The summed E-state index contributed by atoms with van der Waals surface area (Å²) < 4.78 is 11.6. The van der Waals surface area contributed by atoms with E-state index in [0.29, 0.717) is 13.2 Å². The van der Waals surface area contributed by atoms with Crippen LogP contribution in [-0.4, -0.2) is 30.7 Å². The molecule has 0 aromatic carbocycles. The number of aliphatic hydroxyl groups is 1. The molecule has 1 spiro atoms. The van der Waals surface area contributed by atoms with E-state index in [1.165, 1.54) is 5.57 Å². The summed E-state index contributed by atoms with van der Waals surface area (Å²) in [6.07, 6.45) is 6.30. The Morgan fingerprint density at radius 2 is 1.76 bits per heavy atom. The van der Waals surface area contributed by atoms with Gasteiger partial charge < -0.3 is 14.6 Å². The van der Waals surface area contributed by atoms with Crippen LogP contribution in [0.5, 0.6) is 0 Å². The molecule has 3 heteroatoms. The van der Waals surface area contributed by atoms with E-state index in [1.54, 1.807) is 0 Å². The fraction of sp³-hybridized carbons (Fsp3) is 0.857. The average Bonchev–Trinajstić information content (AvgIpc) is 2.86. The summed E-state index contributed by atoms with van der Waals surface area (Å²) in [5.74, 6) is -0.477.